The molecule has 3 rings (SSSR count). The van der Waals surface area contributed by atoms with Crippen LogP contribution in [0.3, 0.4) is 0 Å². The van der Waals surface area contributed by atoms with Gasteiger partial charge in [-0.05, 0) is 53.7 Å². The van der Waals surface area contributed by atoms with Gasteiger partial charge < -0.3 is 4.74 Å². The summed E-state index contributed by atoms with van der Waals surface area (Å²) in [5, 5.41) is 11.5. The molecule has 10 heteroatoms. The van der Waals surface area contributed by atoms with Gasteiger partial charge in [0.25, 0.3) is 11.8 Å². The van der Waals surface area contributed by atoms with E-state index >= 15 is 0 Å². The molecule has 1 amide bonds. The zero-order chi connectivity index (χ0) is 19.2. The minimum atomic E-state index is -0.620. The predicted octanol–water partition coefficient (Wildman–Crippen LogP) is 3.62. The van der Waals surface area contributed by atoms with Crippen LogP contribution in [0.25, 0.3) is 0 Å². The second kappa shape index (κ2) is 8.76. The molecule has 1 saturated carbocycles. The summed E-state index contributed by atoms with van der Waals surface area (Å²) in [4.78, 5) is 31.0. The summed E-state index contributed by atoms with van der Waals surface area (Å²) in [6, 6.07) is 6.83. The third kappa shape index (κ3) is 4.70. The van der Waals surface area contributed by atoms with E-state index in [4.69, 9.17) is 4.74 Å². The van der Waals surface area contributed by atoms with E-state index < -0.39 is 16.5 Å². The number of carbonyl (C=O) groups is 1. The molecule has 0 saturated heterocycles. The van der Waals surface area contributed by atoms with Crippen LogP contribution >= 0.6 is 15.9 Å². The molecule has 2 aromatic rings. The molecule has 0 spiro atoms. The maximum Gasteiger partial charge on any atom is 0.374 e. The number of hydrogen-bond donors (Lipinski definition) is 2. The van der Waals surface area contributed by atoms with Crippen LogP contribution in [-0.2, 0) is 0 Å². The lowest BCUT2D eigenvalue weighted by Crippen LogP contribution is -2.30. The van der Waals surface area contributed by atoms with Crippen molar-refractivity contribution in [3.05, 3.63) is 50.7 Å². The summed E-state index contributed by atoms with van der Waals surface area (Å²) in [6.07, 6.45) is 5.92. The minimum Gasteiger partial charge on any atom is -0.469 e. The van der Waals surface area contributed by atoms with Crippen LogP contribution in [0.5, 0.6) is 5.88 Å². The molecule has 27 heavy (non-hydrogen) atoms. The van der Waals surface area contributed by atoms with Gasteiger partial charge in [0.1, 0.15) is 12.4 Å². The third-order valence-corrected chi connectivity index (χ3v) is 4.91. The number of hydrogen-bond acceptors (Lipinski definition) is 7. The maximum atomic E-state index is 12.3. The molecule has 0 atom stereocenters. The molecule has 0 unspecified atom stereocenters. The van der Waals surface area contributed by atoms with Gasteiger partial charge in [-0.25, -0.2) is 4.98 Å². The number of carbonyl (C=O) groups excluding carboxylic acids is 1. The number of amides is 1. The fraction of sp³-hybridized carbons (Fsp3) is 0.353. The lowest BCUT2D eigenvalue weighted by molar-refractivity contribution is -0.385. The molecule has 1 aromatic heterocycles. The normalized spacial score (nSPS) is 14.4. The van der Waals surface area contributed by atoms with Gasteiger partial charge in [0.2, 0.25) is 5.82 Å². The molecule has 1 aliphatic rings. The van der Waals surface area contributed by atoms with Crippen LogP contribution in [-0.4, -0.2) is 26.9 Å². The van der Waals surface area contributed by atoms with Gasteiger partial charge in [0, 0.05) is 4.47 Å². The number of hydrazine groups is 1. The zero-order valence-electron chi connectivity index (χ0n) is 14.4. The average Bonchev–Trinajstić information content (AvgIpc) is 2.67. The van der Waals surface area contributed by atoms with Crippen molar-refractivity contribution >= 4 is 33.3 Å². The first-order valence-electron chi connectivity index (χ1n) is 8.53. The standard InChI is InChI=1S/C17H18BrN5O4/c18-13-9-5-4-8-12(13)16(24)22-21-15-14(23(25)26)17(20-10-19-15)27-11-6-2-1-3-7-11/h4-5,8-11H,1-3,6-7H2,(H,22,24)(H,19,20,21). The van der Waals surface area contributed by atoms with Crippen LogP contribution in [0, 0.1) is 10.1 Å². The second-order valence-electron chi connectivity index (χ2n) is 6.07. The number of benzene rings is 1. The molecule has 2 N–H and O–H groups in total. The third-order valence-electron chi connectivity index (χ3n) is 4.21. The Morgan fingerprint density at radius 3 is 2.67 bits per heavy atom. The number of anilines is 1. The van der Waals surface area contributed by atoms with Gasteiger partial charge in [0.05, 0.1) is 10.5 Å². The van der Waals surface area contributed by atoms with Crippen LogP contribution < -0.4 is 15.6 Å². The summed E-state index contributed by atoms with van der Waals surface area (Å²) >= 11 is 3.29. The Morgan fingerprint density at radius 1 is 1.22 bits per heavy atom. The molecule has 0 radical (unpaired) electrons. The number of halogens is 1. The predicted molar refractivity (Wildman–Crippen MR) is 101 cm³/mol. The Morgan fingerprint density at radius 2 is 1.96 bits per heavy atom. The Balaban J connectivity index is 1.76. The monoisotopic (exact) mass is 435 g/mol. The first-order chi connectivity index (χ1) is 13.1. The molecule has 0 bridgehead atoms. The van der Waals surface area contributed by atoms with Gasteiger partial charge >= 0.3 is 5.69 Å². The summed E-state index contributed by atoms with van der Waals surface area (Å²) in [5.74, 6) is -0.703. The van der Waals surface area contributed by atoms with Crippen LogP contribution in [0.15, 0.2) is 35.1 Å². The summed E-state index contributed by atoms with van der Waals surface area (Å²) < 4.78 is 6.35. The van der Waals surface area contributed by atoms with Gasteiger partial charge in [-0.15, -0.1) is 0 Å². The highest BCUT2D eigenvalue weighted by Crippen LogP contribution is 2.33. The van der Waals surface area contributed by atoms with Crippen LogP contribution in [0.4, 0.5) is 11.5 Å². The zero-order valence-corrected chi connectivity index (χ0v) is 15.9. The number of nitrogens with one attached hydrogen (secondary N) is 2. The van der Waals surface area contributed by atoms with Crippen molar-refractivity contribution < 1.29 is 14.5 Å². The van der Waals surface area contributed by atoms with E-state index in [2.05, 4.69) is 36.7 Å². The van der Waals surface area contributed by atoms with Crippen LogP contribution in [0.2, 0.25) is 0 Å². The van der Waals surface area contributed by atoms with Crippen molar-refractivity contribution in [2.45, 2.75) is 38.2 Å². The number of nitrogens with zero attached hydrogens (tertiary/aromatic N) is 3. The second-order valence-corrected chi connectivity index (χ2v) is 6.92. The Labute approximate surface area is 163 Å². The first-order valence-corrected chi connectivity index (χ1v) is 9.32. The molecule has 0 aliphatic heterocycles. The minimum absolute atomic E-state index is 0.0976. The quantitative estimate of drug-likeness (QED) is 0.524. The molecule has 1 heterocycles. The fourth-order valence-corrected chi connectivity index (χ4v) is 3.34. The summed E-state index contributed by atoms with van der Waals surface area (Å²) in [5.41, 5.74) is 4.89. The summed E-state index contributed by atoms with van der Waals surface area (Å²) in [7, 11) is 0. The number of ether oxygens (including phenoxy) is 1. The van der Waals surface area contributed by atoms with E-state index in [0.717, 1.165) is 38.4 Å². The lowest BCUT2D eigenvalue weighted by Gasteiger charge is -2.22. The topological polar surface area (TPSA) is 119 Å². The number of rotatable bonds is 6. The molecular formula is C17H18BrN5O4. The Bertz CT molecular complexity index is 842. The maximum absolute atomic E-state index is 12.3. The van der Waals surface area contributed by atoms with E-state index in [-0.39, 0.29) is 17.8 Å². The Hall–Kier alpha value is -2.75. The van der Waals surface area contributed by atoms with E-state index in [1.807, 2.05) is 0 Å². The smallest absolute Gasteiger partial charge is 0.374 e. The molecule has 1 aliphatic carbocycles. The largest absolute Gasteiger partial charge is 0.469 e. The summed E-state index contributed by atoms with van der Waals surface area (Å²) in [6.45, 7) is 0. The molecular weight excluding hydrogens is 418 g/mol. The van der Waals surface area contributed by atoms with Crippen molar-refractivity contribution in [2.24, 2.45) is 0 Å². The van der Waals surface area contributed by atoms with Crippen molar-refractivity contribution in [3.8, 4) is 5.88 Å². The molecule has 142 valence electrons. The van der Waals surface area contributed by atoms with Gasteiger partial charge in [0.15, 0.2) is 0 Å². The first kappa shape index (κ1) is 19.0. The average molecular weight is 436 g/mol. The van der Waals surface area contributed by atoms with Crippen molar-refractivity contribution in [1.82, 2.24) is 15.4 Å². The number of aromatic nitrogens is 2. The number of nitro groups is 1. The van der Waals surface area contributed by atoms with E-state index in [1.165, 1.54) is 0 Å². The fourth-order valence-electron chi connectivity index (χ4n) is 2.87. The van der Waals surface area contributed by atoms with E-state index in [9.17, 15) is 14.9 Å². The van der Waals surface area contributed by atoms with Crippen LogP contribution in [0.1, 0.15) is 42.5 Å². The van der Waals surface area contributed by atoms with Crippen molar-refractivity contribution in [3.63, 3.8) is 0 Å². The lowest BCUT2D eigenvalue weighted by atomic mass is 9.98. The van der Waals surface area contributed by atoms with Gasteiger partial charge in [-0.2, -0.15) is 4.98 Å². The molecule has 1 aromatic carbocycles. The Kier molecular flexibility index (Phi) is 6.17. The SMILES string of the molecule is O=C(NNc1ncnc(OC2CCCCC2)c1[N+](=O)[O-])c1ccccc1Br. The van der Waals surface area contributed by atoms with Gasteiger partial charge in [-0.1, -0.05) is 18.6 Å². The highest BCUT2D eigenvalue weighted by Gasteiger charge is 2.28. The molecule has 9 nitrogen and oxygen atoms in total. The highest BCUT2D eigenvalue weighted by molar-refractivity contribution is 9.10. The van der Waals surface area contributed by atoms with E-state index in [1.54, 1.807) is 24.3 Å². The van der Waals surface area contributed by atoms with Gasteiger partial charge in [-0.3, -0.25) is 25.8 Å². The van der Waals surface area contributed by atoms with Crippen molar-refractivity contribution in [2.75, 3.05) is 5.43 Å². The van der Waals surface area contributed by atoms with E-state index in [0.29, 0.717) is 10.0 Å². The van der Waals surface area contributed by atoms with Crippen molar-refractivity contribution in [1.29, 1.82) is 0 Å². The highest BCUT2D eigenvalue weighted by atomic mass is 79.9. The molecule has 1 fully saturated rings.